The summed E-state index contributed by atoms with van der Waals surface area (Å²) in [5, 5.41) is 21.1. The van der Waals surface area contributed by atoms with E-state index in [2.05, 4.69) is 27.9 Å². The summed E-state index contributed by atoms with van der Waals surface area (Å²) in [5.41, 5.74) is 3.94. The number of aryl methyl sites for hydroxylation is 1. The highest BCUT2D eigenvalue weighted by Gasteiger charge is 2.53. The average molecular weight is 542 g/mol. The maximum absolute atomic E-state index is 12.7. The fourth-order valence-electron chi connectivity index (χ4n) is 5.61. The molecule has 0 bridgehead atoms. The Labute approximate surface area is 230 Å². The highest BCUT2D eigenvalue weighted by molar-refractivity contribution is 7.13. The fourth-order valence-corrected chi connectivity index (χ4v) is 6.35. The number of benzene rings is 1. The maximum atomic E-state index is 12.7. The topological polar surface area (TPSA) is 102 Å². The van der Waals surface area contributed by atoms with E-state index in [4.69, 9.17) is 14.7 Å². The van der Waals surface area contributed by atoms with Crippen molar-refractivity contribution >= 4 is 34.1 Å². The maximum Gasteiger partial charge on any atom is 0.408 e. The summed E-state index contributed by atoms with van der Waals surface area (Å²) in [5.74, 6) is 0. The molecule has 6 rings (SSSR count). The van der Waals surface area contributed by atoms with E-state index in [0.717, 1.165) is 49.6 Å². The Morgan fingerprint density at radius 2 is 1.87 bits per heavy atom. The van der Waals surface area contributed by atoms with Gasteiger partial charge in [-0.15, -0.1) is 11.3 Å². The quantitative estimate of drug-likeness (QED) is 0.279. The first-order valence-electron chi connectivity index (χ1n) is 13.0. The van der Waals surface area contributed by atoms with Crippen molar-refractivity contribution in [1.29, 1.82) is 0 Å². The summed E-state index contributed by atoms with van der Waals surface area (Å²) in [6.45, 7) is 9.29. The van der Waals surface area contributed by atoms with Crippen molar-refractivity contribution in [2.75, 3.05) is 0 Å². The van der Waals surface area contributed by atoms with Gasteiger partial charge >= 0.3 is 6.09 Å². The lowest BCUT2D eigenvalue weighted by Gasteiger charge is -2.52. The molecule has 0 saturated heterocycles. The molecule has 8 nitrogen and oxygen atoms in total. The van der Waals surface area contributed by atoms with E-state index < -0.39 is 22.8 Å². The van der Waals surface area contributed by atoms with Crippen LogP contribution in [-0.2, 0) is 10.3 Å². The SMILES string of the molecule is Cc1nc2ccnn2c2nc(-c3ccc(C4(NC(=O)OC(C)(C)C)CC(C)(O)C4)cc3)c(-c3cccs3)cc12. The molecule has 0 unspecified atom stereocenters. The molecule has 9 heteroatoms. The largest absolute Gasteiger partial charge is 0.444 e. The standard InChI is InChI=1S/C30H31N5O3S/c1-18-21-15-22(23-7-6-14-39-23)25(33-26(21)35-24(32-18)12-13-31-35)19-8-10-20(11-9-19)30(16-29(5,37)17-30)34-27(36)38-28(2,3)4/h6-15,37H,16-17H2,1-5H3,(H,34,36). The van der Waals surface area contributed by atoms with Gasteiger partial charge in [-0.2, -0.15) is 9.61 Å². The number of aliphatic hydroxyl groups is 1. The van der Waals surface area contributed by atoms with Crippen LogP contribution in [0, 0.1) is 6.92 Å². The number of nitrogens with zero attached hydrogens (tertiary/aromatic N) is 4. The number of fused-ring (bicyclic) bond motifs is 3. The zero-order valence-electron chi connectivity index (χ0n) is 22.6. The molecular formula is C30H31N5O3S. The lowest BCUT2D eigenvalue weighted by atomic mass is 9.62. The molecular weight excluding hydrogens is 510 g/mol. The van der Waals surface area contributed by atoms with Crippen molar-refractivity contribution < 1.29 is 14.6 Å². The third kappa shape index (κ3) is 4.66. The zero-order valence-corrected chi connectivity index (χ0v) is 23.5. The summed E-state index contributed by atoms with van der Waals surface area (Å²) >= 11 is 1.66. The van der Waals surface area contributed by atoms with Gasteiger partial charge in [0.1, 0.15) is 5.60 Å². The number of rotatable bonds is 4. The summed E-state index contributed by atoms with van der Waals surface area (Å²) in [7, 11) is 0. The van der Waals surface area contributed by atoms with Crippen LogP contribution in [0.5, 0.6) is 0 Å². The lowest BCUT2D eigenvalue weighted by molar-refractivity contribution is -0.0892. The Morgan fingerprint density at radius 3 is 2.51 bits per heavy atom. The number of hydrogen-bond donors (Lipinski definition) is 2. The van der Waals surface area contributed by atoms with Crippen LogP contribution in [0.1, 0.15) is 51.8 Å². The molecule has 39 heavy (non-hydrogen) atoms. The normalized spacial score (nSPS) is 21.2. The minimum atomic E-state index is -0.860. The molecule has 0 aliphatic heterocycles. The van der Waals surface area contributed by atoms with Gasteiger partial charge in [0.05, 0.1) is 28.7 Å². The minimum Gasteiger partial charge on any atom is -0.444 e. The molecule has 1 amide bonds. The molecule has 1 aliphatic rings. The van der Waals surface area contributed by atoms with Crippen LogP contribution < -0.4 is 5.32 Å². The molecule has 1 aliphatic carbocycles. The molecule has 0 spiro atoms. The van der Waals surface area contributed by atoms with Gasteiger partial charge in [0.15, 0.2) is 11.3 Å². The van der Waals surface area contributed by atoms with Crippen LogP contribution in [-0.4, -0.2) is 42.0 Å². The van der Waals surface area contributed by atoms with Gasteiger partial charge in [0.2, 0.25) is 0 Å². The second kappa shape index (κ2) is 8.86. The Hall–Kier alpha value is -3.82. The second-order valence-corrected chi connectivity index (χ2v) is 12.6. The number of hydrogen-bond acceptors (Lipinski definition) is 7. The number of alkyl carbamates (subject to hydrolysis) is 1. The van der Waals surface area contributed by atoms with Crippen molar-refractivity contribution in [3.05, 3.63) is 71.4 Å². The number of carbonyl (C=O) groups is 1. The van der Waals surface area contributed by atoms with Gasteiger partial charge in [-0.25, -0.2) is 14.8 Å². The molecule has 4 aromatic heterocycles. The number of thiophene rings is 1. The van der Waals surface area contributed by atoms with E-state index in [9.17, 15) is 9.90 Å². The lowest BCUT2D eigenvalue weighted by Crippen LogP contribution is -2.62. The molecule has 4 heterocycles. The highest BCUT2D eigenvalue weighted by Crippen LogP contribution is 2.49. The molecule has 0 atom stereocenters. The molecule has 1 fully saturated rings. The highest BCUT2D eigenvalue weighted by atomic mass is 32.1. The smallest absolute Gasteiger partial charge is 0.408 e. The predicted molar refractivity (Wildman–Crippen MR) is 153 cm³/mol. The van der Waals surface area contributed by atoms with Crippen molar-refractivity contribution in [3.63, 3.8) is 0 Å². The number of carbonyl (C=O) groups excluding carboxylic acids is 1. The van der Waals surface area contributed by atoms with Crippen molar-refractivity contribution in [1.82, 2.24) is 24.9 Å². The molecule has 2 N–H and O–H groups in total. The average Bonchev–Trinajstić information content (AvgIpc) is 3.53. The number of ether oxygens (including phenoxy) is 1. The first kappa shape index (κ1) is 25.5. The van der Waals surface area contributed by atoms with Crippen LogP contribution in [0.4, 0.5) is 4.79 Å². The van der Waals surface area contributed by atoms with Crippen molar-refractivity contribution in [2.24, 2.45) is 0 Å². The van der Waals surface area contributed by atoms with Gasteiger partial charge in [-0.05, 0) is 57.7 Å². The third-order valence-corrected chi connectivity index (χ3v) is 8.00. The monoisotopic (exact) mass is 541 g/mol. The van der Waals surface area contributed by atoms with Gasteiger partial charge in [0.25, 0.3) is 0 Å². The van der Waals surface area contributed by atoms with Crippen molar-refractivity contribution in [2.45, 2.75) is 64.2 Å². The third-order valence-electron chi connectivity index (χ3n) is 7.10. The fraction of sp³-hybridized carbons (Fsp3) is 0.333. The van der Waals surface area contributed by atoms with Crippen LogP contribution >= 0.6 is 11.3 Å². The second-order valence-electron chi connectivity index (χ2n) is 11.7. The Kier molecular flexibility index (Phi) is 5.78. The number of aromatic nitrogens is 4. The molecule has 1 saturated carbocycles. The summed E-state index contributed by atoms with van der Waals surface area (Å²) in [4.78, 5) is 23.7. The van der Waals surface area contributed by atoms with Crippen LogP contribution in [0.25, 0.3) is 38.4 Å². The van der Waals surface area contributed by atoms with E-state index in [1.54, 1.807) is 29.0 Å². The van der Waals surface area contributed by atoms with Gasteiger partial charge in [-0.1, -0.05) is 30.3 Å². The van der Waals surface area contributed by atoms with Crippen LogP contribution in [0.15, 0.2) is 60.1 Å². The number of nitrogens with one attached hydrogen (secondary N) is 1. The van der Waals surface area contributed by atoms with E-state index in [-0.39, 0.29) is 0 Å². The first-order chi connectivity index (χ1) is 18.4. The number of pyridine rings is 1. The van der Waals surface area contributed by atoms with Gasteiger partial charge < -0.3 is 15.2 Å². The Balaban J connectivity index is 1.44. The summed E-state index contributed by atoms with van der Waals surface area (Å²) < 4.78 is 7.31. The molecule has 5 aromatic rings. The van der Waals surface area contributed by atoms with E-state index in [0.29, 0.717) is 12.8 Å². The minimum absolute atomic E-state index is 0.400. The molecule has 200 valence electrons. The van der Waals surface area contributed by atoms with E-state index >= 15 is 0 Å². The Bertz CT molecular complexity index is 1690. The summed E-state index contributed by atoms with van der Waals surface area (Å²) in [6.07, 6.45) is 2.04. The van der Waals surface area contributed by atoms with E-state index in [1.807, 2.05) is 64.1 Å². The van der Waals surface area contributed by atoms with Crippen molar-refractivity contribution in [3.8, 4) is 21.7 Å². The predicted octanol–water partition coefficient (Wildman–Crippen LogP) is 6.25. The first-order valence-corrected chi connectivity index (χ1v) is 13.8. The number of amides is 1. The van der Waals surface area contributed by atoms with Crippen LogP contribution in [0.3, 0.4) is 0 Å². The molecule has 1 aromatic carbocycles. The zero-order chi connectivity index (χ0) is 27.6. The van der Waals surface area contributed by atoms with Gasteiger partial charge in [0, 0.05) is 40.3 Å². The van der Waals surface area contributed by atoms with Gasteiger partial charge in [-0.3, -0.25) is 0 Å². The van der Waals surface area contributed by atoms with E-state index in [1.165, 1.54) is 0 Å². The Morgan fingerprint density at radius 1 is 1.13 bits per heavy atom. The van der Waals surface area contributed by atoms with Crippen LogP contribution in [0.2, 0.25) is 0 Å². The summed E-state index contributed by atoms with van der Waals surface area (Å²) in [6, 6.07) is 16.2. The molecule has 0 radical (unpaired) electrons.